The van der Waals surface area contributed by atoms with Gasteiger partial charge in [0.25, 0.3) is 5.69 Å². The number of halogens is 1. The molecule has 2 aromatic carbocycles. The third-order valence-corrected chi connectivity index (χ3v) is 5.94. The zero-order chi connectivity index (χ0) is 20.9. The number of nitrogens with one attached hydrogen (secondary N) is 1. The van der Waals surface area contributed by atoms with E-state index in [1.54, 1.807) is 25.3 Å². The van der Waals surface area contributed by atoms with Crippen molar-refractivity contribution in [3.8, 4) is 17.0 Å². The van der Waals surface area contributed by atoms with Crippen LogP contribution in [0.1, 0.15) is 26.9 Å². The number of hydrogen-bond donors (Lipinski definition) is 1. The van der Waals surface area contributed by atoms with Crippen LogP contribution >= 0.6 is 11.6 Å². The topological polar surface area (TPSA) is 85.5 Å². The molecule has 1 aromatic heterocycles. The zero-order valence-corrected chi connectivity index (χ0v) is 17.4. The highest BCUT2D eigenvalue weighted by molar-refractivity contribution is 6.36. The molecule has 1 atom stereocenters. The number of ether oxygens (including phenoxy) is 1. The lowest BCUT2D eigenvalue weighted by Gasteiger charge is -2.27. The third kappa shape index (κ3) is 2.82. The smallest absolute Gasteiger partial charge is 0.293 e. The maximum absolute atomic E-state index is 11.7. The van der Waals surface area contributed by atoms with Gasteiger partial charge in [0.05, 0.1) is 33.6 Å². The van der Waals surface area contributed by atoms with Gasteiger partial charge in [-0.25, -0.2) is 4.68 Å². The minimum atomic E-state index is -0.382. The highest BCUT2D eigenvalue weighted by Crippen LogP contribution is 2.51. The zero-order valence-electron chi connectivity index (χ0n) is 16.7. The predicted molar refractivity (Wildman–Crippen MR) is 114 cm³/mol. The van der Waals surface area contributed by atoms with Gasteiger partial charge in [-0.1, -0.05) is 25.4 Å². The second-order valence-electron chi connectivity index (χ2n) is 6.89. The summed E-state index contributed by atoms with van der Waals surface area (Å²) in [6.45, 7) is 7.98. The first-order chi connectivity index (χ1) is 13.9. The Kier molecular flexibility index (Phi) is 4.84. The van der Waals surface area contributed by atoms with Crippen molar-refractivity contribution in [3.05, 3.63) is 39.4 Å². The van der Waals surface area contributed by atoms with Gasteiger partial charge in [0.2, 0.25) is 0 Å². The molecule has 0 aliphatic carbocycles. The number of nitrogens with zero attached hydrogens (tertiary/aromatic N) is 4. The standard InChI is InChI=1S/C20H22ClN5O3/c1-5-24(6-2)11(3)25-13-8-9-14(26(27)28)19-17(13)20(23-25)16-12(22-19)7-10-15(29-4)18(16)21/h7-11,22H,5-6H2,1-4H3. The van der Waals surface area contributed by atoms with Gasteiger partial charge in [-0.2, -0.15) is 5.10 Å². The molecule has 4 rings (SSSR count). The van der Waals surface area contributed by atoms with E-state index in [9.17, 15) is 10.1 Å². The van der Waals surface area contributed by atoms with Crippen molar-refractivity contribution in [2.45, 2.75) is 26.9 Å². The molecule has 2 heterocycles. The van der Waals surface area contributed by atoms with Gasteiger partial charge in [-0.15, -0.1) is 0 Å². The molecule has 0 fully saturated rings. The molecule has 3 aromatic rings. The SMILES string of the molecule is CCN(CC)C(C)n1nc2c3c(c([N+](=O)[O-])ccc31)Nc1ccc(OC)c(Cl)c1-2. The Morgan fingerprint density at radius 2 is 2.03 bits per heavy atom. The van der Waals surface area contributed by atoms with Gasteiger partial charge in [0, 0.05) is 11.6 Å². The van der Waals surface area contributed by atoms with Gasteiger partial charge in [0.15, 0.2) is 0 Å². The number of anilines is 2. The highest BCUT2D eigenvalue weighted by Gasteiger charge is 2.32. The number of nitro benzene ring substituents is 1. The normalized spacial score (nSPS) is 13.3. The molecule has 152 valence electrons. The molecule has 8 nitrogen and oxygen atoms in total. The molecule has 1 N–H and O–H groups in total. The van der Waals surface area contributed by atoms with E-state index in [0.29, 0.717) is 38.8 Å². The van der Waals surface area contributed by atoms with Crippen molar-refractivity contribution < 1.29 is 9.66 Å². The van der Waals surface area contributed by atoms with Crippen molar-refractivity contribution in [1.82, 2.24) is 14.7 Å². The second kappa shape index (κ2) is 7.20. The lowest BCUT2D eigenvalue weighted by molar-refractivity contribution is -0.383. The quantitative estimate of drug-likeness (QED) is 0.344. The van der Waals surface area contributed by atoms with Crippen LogP contribution in [0.5, 0.6) is 5.75 Å². The number of hydrogen-bond acceptors (Lipinski definition) is 6. The Labute approximate surface area is 173 Å². The monoisotopic (exact) mass is 415 g/mol. The van der Waals surface area contributed by atoms with E-state index in [1.165, 1.54) is 6.07 Å². The van der Waals surface area contributed by atoms with Crippen molar-refractivity contribution in [3.63, 3.8) is 0 Å². The number of nitro groups is 1. The molecule has 29 heavy (non-hydrogen) atoms. The van der Waals surface area contributed by atoms with E-state index in [2.05, 4.69) is 31.0 Å². The highest BCUT2D eigenvalue weighted by atomic mass is 35.5. The van der Waals surface area contributed by atoms with Crippen LogP contribution in [0.3, 0.4) is 0 Å². The van der Waals surface area contributed by atoms with E-state index in [-0.39, 0.29) is 16.8 Å². The van der Waals surface area contributed by atoms with Crippen LogP contribution in [-0.4, -0.2) is 39.8 Å². The molecule has 0 spiro atoms. The summed E-state index contributed by atoms with van der Waals surface area (Å²) in [5.74, 6) is 0.528. The Morgan fingerprint density at radius 3 is 2.66 bits per heavy atom. The van der Waals surface area contributed by atoms with Gasteiger partial charge >= 0.3 is 0 Å². The van der Waals surface area contributed by atoms with Crippen LogP contribution in [0.15, 0.2) is 24.3 Å². The summed E-state index contributed by atoms with van der Waals surface area (Å²) in [6, 6.07) is 6.82. The Bertz CT molecular complexity index is 1120. The fourth-order valence-corrected chi connectivity index (χ4v) is 4.38. The molecule has 1 aliphatic rings. The van der Waals surface area contributed by atoms with Crippen LogP contribution in [0.2, 0.25) is 5.02 Å². The maximum Gasteiger partial charge on any atom is 0.293 e. The molecular formula is C20H22ClN5O3. The lowest BCUT2D eigenvalue weighted by Crippen LogP contribution is -2.31. The van der Waals surface area contributed by atoms with Crippen LogP contribution in [0, 0.1) is 10.1 Å². The molecule has 1 aliphatic heterocycles. The Hall–Kier alpha value is -2.84. The van der Waals surface area contributed by atoms with Crippen molar-refractivity contribution in [2.75, 3.05) is 25.5 Å². The Balaban J connectivity index is 2.07. The van der Waals surface area contributed by atoms with Crippen LogP contribution < -0.4 is 10.1 Å². The van der Waals surface area contributed by atoms with E-state index in [4.69, 9.17) is 21.4 Å². The molecule has 0 saturated heterocycles. The number of aromatic nitrogens is 2. The van der Waals surface area contributed by atoms with Gasteiger partial charge < -0.3 is 10.1 Å². The van der Waals surface area contributed by atoms with Crippen molar-refractivity contribution in [1.29, 1.82) is 0 Å². The van der Waals surface area contributed by atoms with E-state index in [0.717, 1.165) is 18.6 Å². The van der Waals surface area contributed by atoms with Crippen LogP contribution in [0.4, 0.5) is 17.1 Å². The number of rotatable bonds is 6. The number of fused-ring (bicyclic) bond motifs is 2. The third-order valence-electron chi connectivity index (χ3n) is 5.57. The summed E-state index contributed by atoms with van der Waals surface area (Å²) in [6.07, 6.45) is -0.0264. The summed E-state index contributed by atoms with van der Waals surface area (Å²) in [7, 11) is 1.55. The minimum absolute atomic E-state index is 0.00591. The lowest BCUT2D eigenvalue weighted by atomic mass is 9.99. The van der Waals surface area contributed by atoms with Crippen LogP contribution in [0.25, 0.3) is 22.2 Å². The first-order valence-electron chi connectivity index (χ1n) is 9.50. The fourth-order valence-electron chi connectivity index (χ4n) is 4.05. The molecular weight excluding hydrogens is 394 g/mol. The average Bonchev–Trinajstić information content (AvgIpc) is 3.09. The first-order valence-corrected chi connectivity index (χ1v) is 9.88. The summed E-state index contributed by atoms with van der Waals surface area (Å²) >= 11 is 6.63. The Morgan fingerprint density at radius 1 is 1.31 bits per heavy atom. The van der Waals surface area contributed by atoms with Crippen molar-refractivity contribution >= 4 is 39.6 Å². The predicted octanol–water partition coefficient (Wildman–Crippen LogP) is 5.19. The molecule has 0 amide bonds. The van der Waals surface area contributed by atoms with Gasteiger partial charge in [0.1, 0.15) is 23.3 Å². The number of methoxy groups -OCH3 is 1. The van der Waals surface area contributed by atoms with E-state index >= 15 is 0 Å². The van der Waals surface area contributed by atoms with Crippen LogP contribution in [-0.2, 0) is 0 Å². The summed E-state index contributed by atoms with van der Waals surface area (Å²) < 4.78 is 7.29. The minimum Gasteiger partial charge on any atom is -0.495 e. The number of benzene rings is 2. The maximum atomic E-state index is 11.7. The molecule has 1 unspecified atom stereocenters. The van der Waals surface area contributed by atoms with E-state index in [1.807, 2.05) is 4.68 Å². The summed E-state index contributed by atoms with van der Waals surface area (Å²) in [5.41, 5.74) is 3.24. The molecule has 9 heteroatoms. The van der Waals surface area contributed by atoms with Gasteiger partial charge in [-0.05, 0) is 38.2 Å². The summed E-state index contributed by atoms with van der Waals surface area (Å²) in [4.78, 5) is 13.5. The summed E-state index contributed by atoms with van der Waals surface area (Å²) in [5, 5.41) is 20.9. The van der Waals surface area contributed by atoms with Gasteiger partial charge in [-0.3, -0.25) is 15.0 Å². The van der Waals surface area contributed by atoms with E-state index < -0.39 is 0 Å². The molecule has 0 bridgehead atoms. The first kappa shape index (κ1) is 19.5. The molecule has 0 saturated carbocycles. The fraction of sp³-hybridized carbons (Fsp3) is 0.350. The average molecular weight is 416 g/mol. The largest absolute Gasteiger partial charge is 0.495 e. The molecule has 0 radical (unpaired) electrons. The second-order valence-corrected chi connectivity index (χ2v) is 7.26. The van der Waals surface area contributed by atoms with Crippen molar-refractivity contribution in [2.24, 2.45) is 0 Å².